The molecule has 1 saturated heterocycles. The zero-order valence-corrected chi connectivity index (χ0v) is 20.0. The number of anilines is 2. The normalized spacial score (nSPS) is 14.6. The van der Waals surface area contributed by atoms with Gasteiger partial charge in [-0.2, -0.15) is 5.10 Å². The van der Waals surface area contributed by atoms with E-state index < -0.39 is 10.0 Å². The molecule has 32 heavy (non-hydrogen) atoms. The van der Waals surface area contributed by atoms with Crippen molar-refractivity contribution in [1.82, 2.24) is 24.9 Å². The minimum Gasteiger partial charge on any atom is -0.343 e. The largest absolute Gasteiger partial charge is 0.343 e. The lowest BCUT2D eigenvalue weighted by Crippen LogP contribution is -2.49. The topological polar surface area (TPSA) is 105 Å². The zero-order valence-electron chi connectivity index (χ0n) is 18.4. The molecule has 1 aliphatic rings. The summed E-state index contributed by atoms with van der Waals surface area (Å²) in [5.41, 5.74) is 1.22. The quantitative estimate of drug-likeness (QED) is 0.553. The van der Waals surface area contributed by atoms with Crippen LogP contribution in [0.1, 0.15) is 20.9 Å². The van der Waals surface area contributed by atoms with Crippen LogP contribution in [-0.2, 0) is 17.1 Å². The number of benzene rings is 1. The third-order valence-electron chi connectivity index (χ3n) is 5.47. The first-order valence-electron chi connectivity index (χ1n) is 10.1. The summed E-state index contributed by atoms with van der Waals surface area (Å²) in [6, 6.07) is 6.62. The number of aryl methyl sites for hydroxylation is 3. The van der Waals surface area contributed by atoms with Gasteiger partial charge in [0.1, 0.15) is 10.6 Å². The van der Waals surface area contributed by atoms with Crippen LogP contribution in [0.3, 0.4) is 0 Å². The fraction of sp³-hybridized carbons (Fsp3) is 0.400. The van der Waals surface area contributed by atoms with E-state index in [1.54, 1.807) is 36.2 Å². The van der Waals surface area contributed by atoms with Crippen molar-refractivity contribution < 1.29 is 13.2 Å². The smallest absolute Gasteiger partial charge is 0.265 e. The molecule has 4 rings (SSSR count). The van der Waals surface area contributed by atoms with E-state index in [0.29, 0.717) is 26.2 Å². The number of aromatic nitrogens is 4. The standard InChI is InChI=1S/C20H25N7O3S2/c1-14-5-7-16(8-6-14)32(29,30)25(4)18-17(13-21-24(18)3)19(28)26-9-11-27(12-10-26)20-23-22-15(2)31-20/h5-8,13H,9-12H2,1-4H3. The summed E-state index contributed by atoms with van der Waals surface area (Å²) >= 11 is 1.52. The molecule has 170 valence electrons. The second-order valence-electron chi connectivity index (χ2n) is 7.67. The molecule has 0 N–H and O–H groups in total. The van der Waals surface area contributed by atoms with Crippen molar-refractivity contribution in [3.05, 3.63) is 46.6 Å². The molecule has 1 aromatic carbocycles. The summed E-state index contributed by atoms with van der Waals surface area (Å²) < 4.78 is 28.9. The van der Waals surface area contributed by atoms with Crippen molar-refractivity contribution in [1.29, 1.82) is 0 Å². The number of hydrogen-bond acceptors (Lipinski definition) is 8. The van der Waals surface area contributed by atoms with Crippen LogP contribution in [0.5, 0.6) is 0 Å². The van der Waals surface area contributed by atoms with Gasteiger partial charge in [-0.1, -0.05) is 29.0 Å². The van der Waals surface area contributed by atoms with E-state index in [4.69, 9.17) is 0 Å². The second-order valence-corrected chi connectivity index (χ2v) is 10.8. The van der Waals surface area contributed by atoms with E-state index in [1.165, 1.54) is 29.3 Å². The zero-order chi connectivity index (χ0) is 23.0. The predicted molar refractivity (Wildman–Crippen MR) is 123 cm³/mol. The maximum absolute atomic E-state index is 13.3. The molecule has 2 aromatic heterocycles. The van der Waals surface area contributed by atoms with Crippen LogP contribution in [0, 0.1) is 13.8 Å². The first kappa shape index (κ1) is 22.2. The van der Waals surface area contributed by atoms with Crippen LogP contribution >= 0.6 is 11.3 Å². The van der Waals surface area contributed by atoms with Crippen LogP contribution in [0.25, 0.3) is 0 Å². The van der Waals surface area contributed by atoms with Crippen LogP contribution in [0.4, 0.5) is 10.9 Å². The van der Waals surface area contributed by atoms with E-state index in [1.807, 2.05) is 13.8 Å². The number of nitrogens with zero attached hydrogens (tertiary/aromatic N) is 7. The highest BCUT2D eigenvalue weighted by Crippen LogP contribution is 2.27. The van der Waals surface area contributed by atoms with Crippen molar-refractivity contribution in [2.75, 3.05) is 42.4 Å². The van der Waals surface area contributed by atoms with Crippen molar-refractivity contribution in [2.45, 2.75) is 18.7 Å². The van der Waals surface area contributed by atoms with Crippen LogP contribution in [0.2, 0.25) is 0 Å². The Morgan fingerprint density at radius 2 is 1.72 bits per heavy atom. The second kappa shape index (κ2) is 8.51. The van der Waals surface area contributed by atoms with Crippen molar-refractivity contribution >= 4 is 38.2 Å². The summed E-state index contributed by atoms with van der Waals surface area (Å²) in [6.07, 6.45) is 1.43. The van der Waals surface area contributed by atoms with Gasteiger partial charge in [0, 0.05) is 40.3 Å². The summed E-state index contributed by atoms with van der Waals surface area (Å²) in [5, 5.41) is 14.1. The lowest BCUT2D eigenvalue weighted by atomic mass is 10.2. The Hall–Kier alpha value is -2.99. The molecule has 0 saturated carbocycles. The number of carbonyl (C=O) groups excluding carboxylic acids is 1. The molecular formula is C20H25N7O3S2. The van der Waals surface area contributed by atoms with Gasteiger partial charge < -0.3 is 9.80 Å². The molecule has 0 spiro atoms. The average Bonchev–Trinajstić information content (AvgIpc) is 3.38. The van der Waals surface area contributed by atoms with Gasteiger partial charge in [0.15, 0.2) is 5.82 Å². The van der Waals surface area contributed by atoms with Crippen molar-refractivity contribution in [2.24, 2.45) is 7.05 Å². The van der Waals surface area contributed by atoms with Crippen LogP contribution < -0.4 is 9.21 Å². The minimum absolute atomic E-state index is 0.158. The van der Waals surface area contributed by atoms with Gasteiger partial charge >= 0.3 is 0 Å². The molecule has 12 heteroatoms. The maximum Gasteiger partial charge on any atom is 0.265 e. The Bertz CT molecular complexity index is 1230. The number of hydrogen-bond donors (Lipinski definition) is 0. The predicted octanol–water partition coefficient (Wildman–Crippen LogP) is 1.68. The van der Waals surface area contributed by atoms with Crippen molar-refractivity contribution in [3.8, 4) is 0 Å². The molecule has 0 bridgehead atoms. The van der Waals surface area contributed by atoms with E-state index in [9.17, 15) is 13.2 Å². The fourth-order valence-corrected chi connectivity index (χ4v) is 5.60. The molecule has 0 aliphatic carbocycles. The minimum atomic E-state index is -3.85. The van der Waals surface area contributed by atoms with Gasteiger partial charge in [-0.15, -0.1) is 10.2 Å². The Kier molecular flexibility index (Phi) is 5.91. The fourth-order valence-electron chi connectivity index (χ4n) is 3.62. The maximum atomic E-state index is 13.3. The lowest BCUT2D eigenvalue weighted by molar-refractivity contribution is 0.0747. The number of carbonyl (C=O) groups is 1. The molecule has 10 nitrogen and oxygen atoms in total. The molecule has 1 amide bonds. The highest BCUT2D eigenvalue weighted by Gasteiger charge is 2.32. The average molecular weight is 476 g/mol. The van der Waals surface area contributed by atoms with Gasteiger partial charge in [0.25, 0.3) is 15.9 Å². The highest BCUT2D eigenvalue weighted by atomic mass is 32.2. The Labute approximate surface area is 191 Å². The third-order valence-corrected chi connectivity index (χ3v) is 8.13. The van der Waals surface area contributed by atoms with Gasteiger partial charge in [0.05, 0.1) is 11.1 Å². The summed E-state index contributed by atoms with van der Waals surface area (Å²) in [5.74, 6) is -0.00935. The van der Waals surface area contributed by atoms with E-state index >= 15 is 0 Å². The van der Waals surface area contributed by atoms with Gasteiger partial charge in [-0.3, -0.25) is 13.8 Å². The molecule has 0 atom stereocenters. The van der Waals surface area contributed by atoms with Gasteiger partial charge in [0.2, 0.25) is 5.13 Å². The molecule has 1 aliphatic heterocycles. The summed E-state index contributed by atoms with van der Waals surface area (Å²) in [7, 11) is -0.780. The number of sulfonamides is 1. The summed E-state index contributed by atoms with van der Waals surface area (Å²) in [6.45, 7) is 6.07. The van der Waals surface area contributed by atoms with Crippen molar-refractivity contribution in [3.63, 3.8) is 0 Å². The van der Waals surface area contributed by atoms with Crippen LogP contribution in [-0.4, -0.2) is 72.4 Å². The molecule has 3 heterocycles. The SMILES string of the molecule is Cc1ccc(S(=O)(=O)N(C)c2c(C(=O)N3CCN(c4nnc(C)s4)CC3)cnn2C)cc1. The third kappa shape index (κ3) is 4.07. The highest BCUT2D eigenvalue weighted by molar-refractivity contribution is 7.92. The van der Waals surface area contributed by atoms with E-state index in [-0.39, 0.29) is 22.2 Å². The molecular weight excluding hydrogens is 450 g/mol. The molecule has 0 radical (unpaired) electrons. The number of rotatable bonds is 5. The Balaban J connectivity index is 1.54. The molecule has 3 aromatic rings. The van der Waals surface area contributed by atoms with Crippen LogP contribution in [0.15, 0.2) is 35.4 Å². The Morgan fingerprint density at radius 3 is 2.31 bits per heavy atom. The Morgan fingerprint density at radius 1 is 1.06 bits per heavy atom. The van der Waals surface area contributed by atoms with E-state index in [0.717, 1.165) is 20.0 Å². The lowest BCUT2D eigenvalue weighted by Gasteiger charge is -2.34. The first-order valence-corrected chi connectivity index (χ1v) is 12.4. The first-order chi connectivity index (χ1) is 15.2. The molecule has 0 unspecified atom stereocenters. The number of piperazine rings is 1. The monoisotopic (exact) mass is 475 g/mol. The van der Waals surface area contributed by atoms with Gasteiger partial charge in [-0.25, -0.2) is 8.42 Å². The number of amides is 1. The van der Waals surface area contributed by atoms with Gasteiger partial charge in [-0.05, 0) is 26.0 Å². The summed E-state index contributed by atoms with van der Waals surface area (Å²) in [4.78, 5) is 17.3. The molecule has 1 fully saturated rings. The van der Waals surface area contributed by atoms with E-state index in [2.05, 4.69) is 20.2 Å².